The molecule has 0 bridgehead atoms. The predicted octanol–water partition coefficient (Wildman–Crippen LogP) is 2.14. The smallest absolute Gasteiger partial charge is 0.122 e. The number of aryl methyl sites for hydroxylation is 1. The molecule has 0 fully saturated rings. The fourth-order valence-electron chi connectivity index (χ4n) is 1.40. The van der Waals surface area contributed by atoms with Gasteiger partial charge in [0.1, 0.15) is 5.75 Å². The molecule has 0 saturated carbocycles. The third-order valence-electron chi connectivity index (χ3n) is 2.07. The van der Waals surface area contributed by atoms with Gasteiger partial charge >= 0.3 is 0 Å². The molecule has 1 aromatic rings. The SMILES string of the molecule is COc1cc(C)nc(CNCC(C)C)c1. The van der Waals surface area contributed by atoms with Crippen LogP contribution in [0.1, 0.15) is 25.2 Å². The molecule has 1 rings (SSSR count). The lowest BCUT2D eigenvalue weighted by molar-refractivity contribution is 0.412. The van der Waals surface area contributed by atoms with Crippen molar-refractivity contribution in [2.24, 2.45) is 5.92 Å². The van der Waals surface area contributed by atoms with Crippen LogP contribution >= 0.6 is 0 Å². The molecule has 0 aliphatic heterocycles. The summed E-state index contributed by atoms with van der Waals surface area (Å²) in [5, 5.41) is 3.36. The number of rotatable bonds is 5. The van der Waals surface area contributed by atoms with E-state index in [1.807, 2.05) is 19.1 Å². The van der Waals surface area contributed by atoms with E-state index in [-0.39, 0.29) is 0 Å². The molecule has 0 aliphatic rings. The topological polar surface area (TPSA) is 34.1 Å². The molecular formula is C12H20N2O. The molecule has 0 aliphatic carbocycles. The first-order chi connectivity index (χ1) is 7.11. The summed E-state index contributed by atoms with van der Waals surface area (Å²) in [4.78, 5) is 4.44. The second kappa shape index (κ2) is 5.71. The monoisotopic (exact) mass is 208 g/mol. The minimum absolute atomic E-state index is 0.664. The van der Waals surface area contributed by atoms with Gasteiger partial charge in [0.15, 0.2) is 0 Å². The van der Waals surface area contributed by atoms with E-state index >= 15 is 0 Å². The summed E-state index contributed by atoms with van der Waals surface area (Å²) in [6.45, 7) is 8.18. The molecule has 0 spiro atoms. The van der Waals surface area contributed by atoms with Crippen LogP contribution in [0.5, 0.6) is 5.75 Å². The van der Waals surface area contributed by atoms with Gasteiger partial charge in [-0.2, -0.15) is 0 Å². The average Bonchev–Trinajstić information content (AvgIpc) is 2.16. The van der Waals surface area contributed by atoms with Crippen LogP contribution in [-0.4, -0.2) is 18.6 Å². The van der Waals surface area contributed by atoms with Gasteiger partial charge in [0.25, 0.3) is 0 Å². The zero-order valence-corrected chi connectivity index (χ0v) is 10.0. The highest BCUT2D eigenvalue weighted by atomic mass is 16.5. The maximum Gasteiger partial charge on any atom is 0.122 e. The molecule has 0 radical (unpaired) electrons. The first-order valence-corrected chi connectivity index (χ1v) is 5.34. The Hall–Kier alpha value is -1.09. The summed E-state index contributed by atoms with van der Waals surface area (Å²) < 4.78 is 5.20. The van der Waals surface area contributed by atoms with Crippen molar-refractivity contribution in [1.82, 2.24) is 10.3 Å². The molecule has 1 N–H and O–H groups in total. The van der Waals surface area contributed by atoms with Gasteiger partial charge in [0, 0.05) is 24.4 Å². The van der Waals surface area contributed by atoms with Crippen LogP contribution in [0.3, 0.4) is 0 Å². The average molecular weight is 208 g/mol. The number of ether oxygens (including phenoxy) is 1. The largest absolute Gasteiger partial charge is 0.497 e. The van der Waals surface area contributed by atoms with Crippen molar-refractivity contribution < 1.29 is 4.74 Å². The van der Waals surface area contributed by atoms with Crippen LogP contribution in [0, 0.1) is 12.8 Å². The Morgan fingerprint density at radius 1 is 1.40 bits per heavy atom. The Balaban J connectivity index is 2.56. The van der Waals surface area contributed by atoms with E-state index in [4.69, 9.17) is 4.74 Å². The number of nitrogens with zero attached hydrogens (tertiary/aromatic N) is 1. The Kier molecular flexibility index (Phi) is 4.56. The summed E-state index contributed by atoms with van der Waals surface area (Å²) in [7, 11) is 1.68. The second-order valence-corrected chi connectivity index (χ2v) is 4.16. The van der Waals surface area contributed by atoms with Crippen LogP contribution < -0.4 is 10.1 Å². The molecule has 0 amide bonds. The van der Waals surface area contributed by atoms with Crippen molar-refractivity contribution >= 4 is 0 Å². The minimum Gasteiger partial charge on any atom is -0.497 e. The van der Waals surface area contributed by atoms with Gasteiger partial charge < -0.3 is 10.1 Å². The summed E-state index contributed by atoms with van der Waals surface area (Å²) in [5.74, 6) is 1.54. The highest BCUT2D eigenvalue weighted by molar-refractivity contribution is 5.26. The first-order valence-electron chi connectivity index (χ1n) is 5.34. The number of hydrogen-bond donors (Lipinski definition) is 1. The lowest BCUT2D eigenvalue weighted by Gasteiger charge is -2.08. The fourth-order valence-corrected chi connectivity index (χ4v) is 1.40. The lowest BCUT2D eigenvalue weighted by atomic mass is 10.2. The molecule has 1 heterocycles. The van der Waals surface area contributed by atoms with Crippen molar-refractivity contribution in [3.63, 3.8) is 0 Å². The standard InChI is InChI=1S/C12H20N2O/c1-9(2)7-13-8-11-6-12(15-4)5-10(3)14-11/h5-6,9,13H,7-8H2,1-4H3. The maximum atomic E-state index is 5.20. The molecule has 3 nitrogen and oxygen atoms in total. The van der Waals surface area contributed by atoms with Gasteiger partial charge in [-0.25, -0.2) is 0 Å². The molecule has 15 heavy (non-hydrogen) atoms. The van der Waals surface area contributed by atoms with Gasteiger partial charge in [-0.15, -0.1) is 0 Å². The number of methoxy groups -OCH3 is 1. The van der Waals surface area contributed by atoms with E-state index in [9.17, 15) is 0 Å². The minimum atomic E-state index is 0.664. The van der Waals surface area contributed by atoms with E-state index in [1.165, 1.54) is 0 Å². The van der Waals surface area contributed by atoms with Crippen molar-refractivity contribution in [3.05, 3.63) is 23.5 Å². The van der Waals surface area contributed by atoms with Crippen molar-refractivity contribution in [2.75, 3.05) is 13.7 Å². The van der Waals surface area contributed by atoms with Crippen LogP contribution in [0.4, 0.5) is 0 Å². The molecule has 0 unspecified atom stereocenters. The van der Waals surface area contributed by atoms with Gasteiger partial charge in [-0.3, -0.25) is 4.98 Å². The maximum absolute atomic E-state index is 5.20. The molecule has 84 valence electrons. The Morgan fingerprint density at radius 2 is 2.13 bits per heavy atom. The Bertz CT molecular complexity index is 310. The first kappa shape index (κ1) is 12.0. The van der Waals surface area contributed by atoms with Crippen LogP contribution in [0.15, 0.2) is 12.1 Å². The van der Waals surface area contributed by atoms with E-state index in [1.54, 1.807) is 7.11 Å². The zero-order valence-electron chi connectivity index (χ0n) is 10.0. The number of hydrogen-bond acceptors (Lipinski definition) is 3. The van der Waals surface area contributed by atoms with E-state index in [0.29, 0.717) is 5.92 Å². The predicted molar refractivity (Wildman–Crippen MR) is 62.1 cm³/mol. The zero-order chi connectivity index (χ0) is 11.3. The van der Waals surface area contributed by atoms with Gasteiger partial charge in [0.2, 0.25) is 0 Å². The molecule has 0 aromatic carbocycles. The summed E-state index contributed by atoms with van der Waals surface area (Å²) in [6, 6.07) is 3.91. The summed E-state index contributed by atoms with van der Waals surface area (Å²) >= 11 is 0. The van der Waals surface area contributed by atoms with E-state index in [0.717, 1.165) is 30.2 Å². The van der Waals surface area contributed by atoms with E-state index < -0.39 is 0 Å². The van der Waals surface area contributed by atoms with Crippen LogP contribution in [0.25, 0.3) is 0 Å². The van der Waals surface area contributed by atoms with Gasteiger partial charge in [-0.05, 0) is 19.4 Å². The molecule has 0 saturated heterocycles. The van der Waals surface area contributed by atoms with Crippen molar-refractivity contribution in [2.45, 2.75) is 27.3 Å². The fraction of sp³-hybridized carbons (Fsp3) is 0.583. The van der Waals surface area contributed by atoms with Gasteiger partial charge in [-0.1, -0.05) is 13.8 Å². The summed E-state index contributed by atoms with van der Waals surface area (Å²) in [5.41, 5.74) is 2.03. The lowest BCUT2D eigenvalue weighted by Crippen LogP contribution is -2.19. The van der Waals surface area contributed by atoms with Gasteiger partial charge in [0.05, 0.1) is 12.8 Å². The second-order valence-electron chi connectivity index (χ2n) is 4.16. The third kappa shape index (κ3) is 4.30. The van der Waals surface area contributed by atoms with E-state index in [2.05, 4.69) is 24.1 Å². The quantitative estimate of drug-likeness (QED) is 0.805. The van der Waals surface area contributed by atoms with Crippen LogP contribution in [-0.2, 0) is 6.54 Å². The van der Waals surface area contributed by atoms with Crippen LogP contribution in [0.2, 0.25) is 0 Å². The van der Waals surface area contributed by atoms with Crippen molar-refractivity contribution in [3.8, 4) is 5.75 Å². The highest BCUT2D eigenvalue weighted by Gasteiger charge is 2.00. The molecule has 0 atom stereocenters. The number of pyridine rings is 1. The molecular weight excluding hydrogens is 188 g/mol. The third-order valence-corrected chi connectivity index (χ3v) is 2.07. The number of nitrogens with one attached hydrogen (secondary N) is 1. The molecule has 1 aromatic heterocycles. The summed E-state index contributed by atoms with van der Waals surface area (Å²) in [6.07, 6.45) is 0. The van der Waals surface area contributed by atoms with Crippen molar-refractivity contribution in [1.29, 1.82) is 0 Å². The number of aromatic nitrogens is 1. The molecule has 3 heteroatoms. The normalized spacial score (nSPS) is 10.7. The Morgan fingerprint density at radius 3 is 2.73 bits per heavy atom. The highest BCUT2D eigenvalue weighted by Crippen LogP contribution is 2.12. The Labute approximate surface area is 91.9 Å².